The van der Waals surface area contributed by atoms with Crippen LogP contribution >= 0.6 is 0 Å². The highest BCUT2D eigenvalue weighted by atomic mass is 16.6. The lowest BCUT2D eigenvalue weighted by Gasteiger charge is -2.62. The summed E-state index contributed by atoms with van der Waals surface area (Å²) in [5.41, 5.74) is 2.76. The Morgan fingerprint density at radius 3 is 2.02 bits per heavy atom. The first-order valence-corrected chi connectivity index (χ1v) is 18.4. The summed E-state index contributed by atoms with van der Waals surface area (Å²) in [5.74, 6) is -1.27. The van der Waals surface area contributed by atoms with Crippen LogP contribution in [0.4, 0.5) is 0 Å². The van der Waals surface area contributed by atoms with E-state index in [4.69, 9.17) is 30.4 Å². The summed E-state index contributed by atoms with van der Waals surface area (Å²) in [5, 5.41) is 111. The van der Waals surface area contributed by atoms with Gasteiger partial charge in [-0.2, -0.15) is 0 Å². The highest BCUT2D eigenvalue weighted by Gasteiger charge is 2.64. The normalized spacial score (nSPS) is 47.1. The maximum Gasteiger partial charge on any atom is 0.173 e. The lowest BCUT2D eigenvalue weighted by atomic mass is 9.50. The minimum atomic E-state index is -1.83. The molecule has 1 aromatic rings. The van der Waals surface area contributed by atoms with Gasteiger partial charge in [-0.1, -0.05) is 32.9 Å². The van der Waals surface area contributed by atoms with Crippen LogP contribution in [0.25, 0.3) is 0 Å². The summed E-state index contributed by atoms with van der Waals surface area (Å²) >= 11 is 0. The molecule has 17 heteroatoms. The Hall–Kier alpha value is -1.78. The van der Waals surface area contributed by atoms with Gasteiger partial charge in [-0.25, -0.2) is 0 Å². The smallest absolute Gasteiger partial charge is 0.173 e. The minimum Gasteiger partial charge on any atom is -0.504 e. The molecule has 4 rings (SSSR count). The molecule has 15 atom stereocenters. The number of ether oxygens (including phenoxy) is 4. The Bertz CT molecular complexity index is 1440. The zero-order chi connectivity index (χ0) is 40.9. The number of hydrogen-bond donors (Lipinski definition) is 13. The van der Waals surface area contributed by atoms with Gasteiger partial charge in [0.25, 0.3) is 0 Å². The molecular formula is C37H65N3O14. The van der Waals surface area contributed by atoms with Crippen molar-refractivity contribution in [3.05, 3.63) is 23.8 Å². The van der Waals surface area contributed by atoms with E-state index in [9.17, 15) is 51.1 Å². The summed E-state index contributed by atoms with van der Waals surface area (Å²) in [4.78, 5) is 0. The van der Waals surface area contributed by atoms with Gasteiger partial charge in [0, 0.05) is 41.0 Å². The molecule has 0 spiro atoms. The zero-order valence-electron chi connectivity index (χ0n) is 32.5. The molecule has 312 valence electrons. The molecule has 3 fully saturated rings. The monoisotopic (exact) mass is 775 g/mol. The minimum absolute atomic E-state index is 0.00230. The van der Waals surface area contributed by atoms with Crippen LogP contribution in [0, 0.1) is 22.2 Å². The average Bonchev–Trinajstić information content (AvgIpc) is 3.10. The van der Waals surface area contributed by atoms with E-state index in [-0.39, 0.29) is 57.5 Å². The summed E-state index contributed by atoms with van der Waals surface area (Å²) in [7, 11) is 0. The number of phenolic OH excluding ortho intramolecular Hbond substituents is 2. The van der Waals surface area contributed by atoms with Gasteiger partial charge in [0.2, 0.25) is 0 Å². The Balaban J connectivity index is 1.65. The lowest BCUT2D eigenvalue weighted by Crippen LogP contribution is -2.74. The van der Waals surface area contributed by atoms with Crippen molar-refractivity contribution in [1.29, 1.82) is 0 Å². The molecule has 1 saturated carbocycles. The van der Waals surface area contributed by atoms with Gasteiger partial charge < -0.3 is 86.8 Å². The number of phenols is 2. The molecule has 2 aliphatic heterocycles. The number of rotatable bonds is 14. The van der Waals surface area contributed by atoms with Crippen molar-refractivity contribution in [1.82, 2.24) is 5.32 Å². The number of nitrogens with two attached hydrogens (primary N) is 2. The van der Waals surface area contributed by atoms with Gasteiger partial charge in [-0.15, -0.1) is 0 Å². The third kappa shape index (κ3) is 7.52. The van der Waals surface area contributed by atoms with Crippen molar-refractivity contribution < 1.29 is 70.0 Å². The summed E-state index contributed by atoms with van der Waals surface area (Å²) < 4.78 is 24.1. The second-order valence-electron chi connectivity index (χ2n) is 17.5. The second-order valence-corrected chi connectivity index (χ2v) is 17.5. The van der Waals surface area contributed by atoms with Crippen molar-refractivity contribution in [2.75, 3.05) is 46.2 Å². The van der Waals surface area contributed by atoms with E-state index < -0.39 is 101 Å². The quantitative estimate of drug-likeness (QED) is 0.0888. The Morgan fingerprint density at radius 2 is 1.43 bits per heavy atom. The molecule has 54 heavy (non-hydrogen) atoms. The van der Waals surface area contributed by atoms with E-state index in [1.165, 1.54) is 19.9 Å². The fourth-order valence-corrected chi connectivity index (χ4v) is 9.13. The molecular weight excluding hydrogens is 710 g/mol. The fraction of sp³-hybridized carbons (Fsp3) is 0.838. The molecule has 0 bridgehead atoms. The number of nitrogens with one attached hydrogen (secondary N) is 1. The number of aliphatic hydroxyl groups excluding tert-OH is 5. The molecule has 2 saturated heterocycles. The number of hydrogen-bond acceptors (Lipinski definition) is 17. The van der Waals surface area contributed by atoms with Gasteiger partial charge in [-0.05, 0) is 46.1 Å². The van der Waals surface area contributed by atoms with E-state index >= 15 is 0 Å². The summed E-state index contributed by atoms with van der Waals surface area (Å²) in [6.45, 7) is 9.18. The lowest BCUT2D eigenvalue weighted by molar-refractivity contribution is -0.304. The standard InChI is InChI=1S/C37H65N3O14/c1-31(16-51-18-33(3)24(15-43)53-28(47)26(38)36(33,6)49)11-21(13-41)32(2,37(7,50)30(31)40-12-20-9-8-10-22(44)25(20)45)17-52-19-34(4)29(39)35(5,48)27(46)23(14-42)54-34/h8-10,21,23-24,26-30,40-50H,11-19,38-39H2,1-7H3/t21?,23?,24?,26?,27?,28?,29?,30?,31?,32?,33?,34?,35-,36+,37+/m1/s1. The largest absolute Gasteiger partial charge is 0.504 e. The van der Waals surface area contributed by atoms with E-state index in [1.807, 2.05) is 6.92 Å². The van der Waals surface area contributed by atoms with E-state index in [0.717, 1.165) is 0 Å². The molecule has 2 heterocycles. The first-order valence-electron chi connectivity index (χ1n) is 18.4. The summed E-state index contributed by atoms with van der Waals surface area (Å²) in [6.07, 6.45) is -4.91. The van der Waals surface area contributed by atoms with Crippen molar-refractivity contribution >= 4 is 0 Å². The predicted molar refractivity (Wildman–Crippen MR) is 194 cm³/mol. The third-order valence-electron chi connectivity index (χ3n) is 13.6. The Morgan fingerprint density at radius 1 is 0.815 bits per heavy atom. The SMILES string of the molecule is CC1(COCC2(C)C(CO)OC(O)C(N)[C@]2(C)O)CC(CO)C(C)(COCC2(C)OC(CO)C(O)[C@@](C)(O)C2N)[C@@](C)(O)C1NCc1cccc(O)c1O. The fourth-order valence-electron chi connectivity index (χ4n) is 9.13. The highest BCUT2D eigenvalue weighted by molar-refractivity contribution is 5.44. The molecule has 1 aromatic carbocycles. The van der Waals surface area contributed by atoms with Gasteiger partial charge in [0.15, 0.2) is 17.8 Å². The Kier molecular flexibility index (Phi) is 13.2. The highest BCUT2D eigenvalue weighted by Crippen LogP contribution is 2.55. The maximum absolute atomic E-state index is 12.7. The molecule has 0 amide bonds. The van der Waals surface area contributed by atoms with Crippen LogP contribution in [0.5, 0.6) is 11.5 Å². The van der Waals surface area contributed by atoms with E-state index in [2.05, 4.69) is 5.32 Å². The van der Waals surface area contributed by atoms with Crippen LogP contribution in [0.15, 0.2) is 18.2 Å². The number of aromatic hydroxyl groups is 2. The Labute approximate surface area is 316 Å². The number of benzene rings is 1. The van der Waals surface area contributed by atoms with Crippen molar-refractivity contribution in [3.63, 3.8) is 0 Å². The van der Waals surface area contributed by atoms with Crippen LogP contribution in [-0.2, 0) is 25.5 Å². The molecule has 0 aromatic heterocycles. The zero-order valence-corrected chi connectivity index (χ0v) is 32.5. The van der Waals surface area contributed by atoms with Gasteiger partial charge >= 0.3 is 0 Å². The van der Waals surface area contributed by atoms with Crippen molar-refractivity contribution in [3.8, 4) is 11.5 Å². The maximum atomic E-state index is 12.7. The van der Waals surface area contributed by atoms with Crippen molar-refractivity contribution in [2.45, 2.75) is 127 Å². The van der Waals surface area contributed by atoms with Crippen molar-refractivity contribution in [2.24, 2.45) is 33.6 Å². The van der Waals surface area contributed by atoms with Gasteiger partial charge in [0.1, 0.15) is 23.4 Å². The van der Waals surface area contributed by atoms with Crippen LogP contribution in [-0.4, -0.2) is 162 Å². The molecule has 15 N–H and O–H groups in total. The van der Waals surface area contributed by atoms with Crippen LogP contribution in [0.2, 0.25) is 0 Å². The molecule has 17 nitrogen and oxygen atoms in total. The topological polar surface area (TPSA) is 303 Å². The summed E-state index contributed by atoms with van der Waals surface area (Å²) in [6, 6.07) is 1.32. The second kappa shape index (κ2) is 15.9. The molecule has 0 radical (unpaired) electrons. The van der Waals surface area contributed by atoms with Crippen LogP contribution < -0.4 is 16.8 Å². The number of para-hydroxylation sites is 1. The molecule has 12 unspecified atom stereocenters. The first kappa shape index (κ1) is 44.9. The average molecular weight is 776 g/mol. The number of aliphatic hydroxyl groups is 8. The molecule has 3 aliphatic rings. The van der Waals surface area contributed by atoms with Gasteiger partial charge in [-0.3, -0.25) is 0 Å². The molecule has 1 aliphatic carbocycles. The predicted octanol–water partition coefficient (Wildman–Crippen LogP) is -2.25. The van der Waals surface area contributed by atoms with Crippen LogP contribution in [0.1, 0.15) is 60.5 Å². The van der Waals surface area contributed by atoms with E-state index in [0.29, 0.717) is 5.56 Å². The van der Waals surface area contributed by atoms with Crippen LogP contribution in [0.3, 0.4) is 0 Å². The van der Waals surface area contributed by atoms with E-state index in [1.54, 1.807) is 39.8 Å². The first-order chi connectivity index (χ1) is 24.8. The third-order valence-corrected chi connectivity index (χ3v) is 13.6. The van der Waals surface area contributed by atoms with Gasteiger partial charge in [0.05, 0.1) is 69.0 Å².